The van der Waals surface area contributed by atoms with Crippen molar-refractivity contribution in [2.75, 3.05) is 13.1 Å². The summed E-state index contributed by atoms with van der Waals surface area (Å²) in [6.45, 7) is 1.18. The minimum Gasteiger partial charge on any atom is -0.349 e. The van der Waals surface area contributed by atoms with Crippen molar-refractivity contribution in [2.24, 2.45) is 0 Å². The molecule has 1 saturated heterocycles. The Morgan fingerprint density at radius 2 is 1.57 bits per heavy atom. The van der Waals surface area contributed by atoms with Crippen LogP contribution in [0.3, 0.4) is 0 Å². The molecule has 1 aromatic carbocycles. The second-order valence-corrected chi connectivity index (χ2v) is 8.38. The Hall–Kier alpha value is -1.40. The van der Waals surface area contributed by atoms with Gasteiger partial charge in [-0.15, -0.1) is 0 Å². The van der Waals surface area contributed by atoms with Crippen LogP contribution in [0.2, 0.25) is 0 Å². The zero-order valence-electron chi connectivity index (χ0n) is 13.3. The van der Waals surface area contributed by atoms with Crippen LogP contribution in [0.5, 0.6) is 0 Å². The van der Waals surface area contributed by atoms with Gasteiger partial charge in [0.2, 0.25) is 10.0 Å². The fourth-order valence-electron chi connectivity index (χ4n) is 3.37. The molecular formula is C17H24N2O3S. The molecule has 5 nitrogen and oxygen atoms in total. The molecule has 6 heteroatoms. The van der Waals surface area contributed by atoms with E-state index in [1.54, 1.807) is 28.6 Å². The lowest BCUT2D eigenvalue weighted by Crippen LogP contribution is -2.35. The monoisotopic (exact) mass is 336 g/mol. The first-order valence-electron chi connectivity index (χ1n) is 8.48. The van der Waals surface area contributed by atoms with E-state index in [-0.39, 0.29) is 16.8 Å². The van der Waals surface area contributed by atoms with E-state index in [1.807, 2.05) is 0 Å². The maximum atomic E-state index is 12.6. The van der Waals surface area contributed by atoms with Gasteiger partial charge in [0.1, 0.15) is 0 Å². The average Bonchev–Trinajstić information content (AvgIpc) is 3.09. The first-order valence-corrected chi connectivity index (χ1v) is 9.92. The van der Waals surface area contributed by atoms with Crippen molar-refractivity contribution < 1.29 is 13.2 Å². The quantitative estimate of drug-likeness (QED) is 0.919. The minimum absolute atomic E-state index is 0.112. The molecule has 1 saturated carbocycles. The lowest BCUT2D eigenvalue weighted by molar-refractivity contribution is 0.0938. The maximum Gasteiger partial charge on any atom is 0.251 e. The van der Waals surface area contributed by atoms with Gasteiger partial charge >= 0.3 is 0 Å². The van der Waals surface area contributed by atoms with Gasteiger partial charge in [-0.1, -0.05) is 19.3 Å². The smallest absolute Gasteiger partial charge is 0.251 e. The van der Waals surface area contributed by atoms with Crippen molar-refractivity contribution in [3.8, 4) is 0 Å². The van der Waals surface area contributed by atoms with Crippen molar-refractivity contribution in [1.29, 1.82) is 0 Å². The summed E-state index contributed by atoms with van der Waals surface area (Å²) in [5.74, 6) is -0.112. The Morgan fingerprint density at radius 1 is 0.957 bits per heavy atom. The number of amides is 1. The van der Waals surface area contributed by atoms with Crippen LogP contribution in [-0.4, -0.2) is 37.8 Å². The number of nitrogens with one attached hydrogen (secondary N) is 1. The van der Waals surface area contributed by atoms with Gasteiger partial charge in [-0.3, -0.25) is 4.79 Å². The van der Waals surface area contributed by atoms with E-state index in [1.165, 1.54) is 0 Å². The van der Waals surface area contributed by atoms with E-state index in [9.17, 15) is 13.2 Å². The van der Waals surface area contributed by atoms with Gasteiger partial charge in [0, 0.05) is 24.7 Å². The Morgan fingerprint density at radius 3 is 2.17 bits per heavy atom. The van der Waals surface area contributed by atoms with Crippen LogP contribution in [0, 0.1) is 0 Å². The highest BCUT2D eigenvalue weighted by molar-refractivity contribution is 7.89. The molecule has 0 unspecified atom stereocenters. The van der Waals surface area contributed by atoms with Gasteiger partial charge in [0.25, 0.3) is 5.91 Å². The zero-order valence-corrected chi connectivity index (χ0v) is 14.1. The minimum atomic E-state index is -3.43. The molecule has 0 aromatic heterocycles. The Bertz CT molecular complexity index is 643. The average molecular weight is 336 g/mol. The zero-order chi connectivity index (χ0) is 16.3. The van der Waals surface area contributed by atoms with Crippen molar-refractivity contribution >= 4 is 15.9 Å². The molecule has 2 aliphatic rings. The summed E-state index contributed by atoms with van der Waals surface area (Å²) in [7, 11) is -3.43. The lowest BCUT2D eigenvalue weighted by Gasteiger charge is -2.25. The molecule has 0 atom stereocenters. The molecule has 0 bridgehead atoms. The summed E-state index contributed by atoms with van der Waals surface area (Å²) in [6.07, 6.45) is 7.32. The highest BCUT2D eigenvalue weighted by Gasteiger charge is 2.26. The van der Waals surface area contributed by atoms with E-state index in [2.05, 4.69) is 5.32 Å². The number of nitrogens with zero attached hydrogens (tertiary/aromatic N) is 1. The van der Waals surface area contributed by atoms with Crippen molar-refractivity contribution in [3.05, 3.63) is 29.8 Å². The largest absolute Gasteiger partial charge is 0.349 e. The Labute approximate surface area is 138 Å². The third-order valence-corrected chi connectivity index (χ3v) is 6.67. The van der Waals surface area contributed by atoms with Crippen LogP contribution < -0.4 is 5.32 Å². The molecule has 126 valence electrons. The summed E-state index contributed by atoms with van der Waals surface area (Å²) in [5, 5.41) is 3.02. The summed E-state index contributed by atoms with van der Waals surface area (Å²) < 4.78 is 26.7. The molecule has 0 radical (unpaired) electrons. The second kappa shape index (κ2) is 7.01. The van der Waals surface area contributed by atoms with Gasteiger partial charge in [-0.05, 0) is 49.9 Å². The highest BCUT2D eigenvalue weighted by atomic mass is 32.2. The molecule has 2 fully saturated rings. The first-order chi connectivity index (χ1) is 11.1. The molecule has 1 N–H and O–H groups in total. The molecule has 1 aromatic rings. The van der Waals surface area contributed by atoms with E-state index in [0.717, 1.165) is 44.9 Å². The first kappa shape index (κ1) is 16.5. The number of piperidine rings is 1. The van der Waals surface area contributed by atoms with E-state index in [4.69, 9.17) is 0 Å². The van der Waals surface area contributed by atoms with Crippen LogP contribution in [-0.2, 0) is 10.0 Å². The Kier molecular flexibility index (Phi) is 5.02. The van der Waals surface area contributed by atoms with Gasteiger partial charge < -0.3 is 5.32 Å². The van der Waals surface area contributed by atoms with Gasteiger partial charge in [-0.25, -0.2) is 8.42 Å². The lowest BCUT2D eigenvalue weighted by atomic mass is 10.2. The standard InChI is InChI=1S/C17H24N2O3S/c20-17(18-15-6-2-3-7-15)14-8-10-16(11-9-14)23(21,22)19-12-4-1-5-13-19/h8-11,15H,1-7,12-13H2,(H,18,20). The van der Waals surface area contributed by atoms with Gasteiger partial charge in [0.15, 0.2) is 0 Å². The molecular weight excluding hydrogens is 312 g/mol. The third-order valence-electron chi connectivity index (χ3n) is 4.76. The summed E-state index contributed by atoms with van der Waals surface area (Å²) in [4.78, 5) is 12.5. The Balaban J connectivity index is 1.69. The predicted molar refractivity (Wildman–Crippen MR) is 88.8 cm³/mol. The van der Waals surface area contributed by atoms with E-state index < -0.39 is 10.0 Å². The second-order valence-electron chi connectivity index (χ2n) is 6.44. The highest BCUT2D eigenvalue weighted by Crippen LogP contribution is 2.21. The molecule has 0 spiro atoms. The van der Waals surface area contributed by atoms with Gasteiger partial charge in [-0.2, -0.15) is 4.31 Å². The SMILES string of the molecule is O=C(NC1CCCC1)c1ccc(S(=O)(=O)N2CCCCC2)cc1. The molecule has 1 heterocycles. The predicted octanol–water partition coefficient (Wildman–Crippen LogP) is 2.53. The molecule has 1 aliphatic heterocycles. The fraction of sp³-hybridized carbons (Fsp3) is 0.588. The number of sulfonamides is 1. The molecule has 1 aliphatic carbocycles. The fourth-order valence-corrected chi connectivity index (χ4v) is 4.89. The van der Waals surface area contributed by atoms with Crippen LogP contribution >= 0.6 is 0 Å². The summed E-state index contributed by atoms with van der Waals surface area (Å²) >= 11 is 0. The number of rotatable bonds is 4. The van der Waals surface area contributed by atoms with Crippen LogP contribution in [0.25, 0.3) is 0 Å². The van der Waals surface area contributed by atoms with E-state index >= 15 is 0 Å². The van der Waals surface area contributed by atoms with Crippen LogP contribution in [0.15, 0.2) is 29.2 Å². The molecule has 1 amide bonds. The maximum absolute atomic E-state index is 12.6. The van der Waals surface area contributed by atoms with Crippen molar-refractivity contribution in [3.63, 3.8) is 0 Å². The summed E-state index contributed by atoms with van der Waals surface area (Å²) in [5.41, 5.74) is 0.523. The number of carbonyl (C=O) groups is 1. The number of hydrogen-bond donors (Lipinski definition) is 1. The van der Waals surface area contributed by atoms with Crippen LogP contribution in [0.1, 0.15) is 55.3 Å². The number of benzene rings is 1. The van der Waals surface area contributed by atoms with Crippen LogP contribution in [0.4, 0.5) is 0 Å². The van der Waals surface area contributed by atoms with E-state index in [0.29, 0.717) is 18.7 Å². The van der Waals surface area contributed by atoms with Crippen molar-refractivity contribution in [1.82, 2.24) is 9.62 Å². The molecule has 3 rings (SSSR count). The molecule has 23 heavy (non-hydrogen) atoms. The van der Waals surface area contributed by atoms with Crippen molar-refractivity contribution in [2.45, 2.75) is 55.9 Å². The third kappa shape index (κ3) is 3.75. The summed E-state index contributed by atoms with van der Waals surface area (Å²) in [6, 6.07) is 6.59. The number of hydrogen-bond acceptors (Lipinski definition) is 3. The number of carbonyl (C=O) groups excluding carboxylic acids is 1. The topological polar surface area (TPSA) is 66.5 Å². The normalized spacial score (nSPS) is 20.5. The van der Waals surface area contributed by atoms with Gasteiger partial charge in [0.05, 0.1) is 4.90 Å².